The van der Waals surface area contributed by atoms with Crippen LogP contribution in [-0.2, 0) is 9.53 Å². The van der Waals surface area contributed by atoms with E-state index >= 15 is 0 Å². The zero-order valence-electron chi connectivity index (χ0n) is 14.5. The predicted molar refractivity (Wildman–Crippen MR) is 109 cm³/mol. The van der Waals surface area contributed by atoms with E-state index in [0.717, 1.165) is 6.20 Å². The van der Waals surface area contributed by atoms with E-state index in [0.29, 0.717) is 11.3 Å². The number of rotatable bonds is 5. The lowest BCUT2D eigenvalue weighted by atomic mass is 10.1. The number of anilines is 1. The van der Waals surface area contributed by atoms with Crippen molar-refractivity contribution < 1.29 is 18.7 Å². The Morgan fingerprint density at radius 1 is 0.966 bits per heavy atom. The van der Waals surface area contributed by atoms with E-state index in [1.165, 1.54) is 24.3 Å². The van der Waals surface area contributed by atoms with Crippen LogP contribution in [-0.4, -0.2) is 16.9 Å². The van der Waals surface area contributed by atoms with Crippen LogP contribution in [0, 0.1) is 5.82 Å². The number of ether oxygens (including phenoxy) is 1. The number of amides is 1. The fourth-order valence-electron chi connectivity index (χ4n) is 2.39. The molecule has 0 fully saturated rings. The molecule has 9 heteroatoms. The lowest BCUT2D eigenvalue weighted by Gasteiger charge is -2.18. The summed E-state index contributed by atoms with van der Waals surface area (Å²) < 4.78 is 18.5. The Labute approximate surface area is 180 Å². The molecule has 2 aromatic carbocycles. The lowest BCUT2D eigenvalue weighted by Crippen LogP contribution is -2.26. The molecule has 0 aliphatic carbocycles. The fraction of sp³-hybridized carbons (Fsp3) is 0.0500. The third-order valence-electron chi connectivity index (χ3n) is 3.79. The van der Waals surface area contributed by atoms with E-state index in [1.54, 1.807) is 30.3 Å². The van der Waals surface area contributed by atoms with Crippen molar-refractivity contribution in [2.75, 3.05) is 5.32 Å². The Morgan fingerprint density at radius 2 is 1.62 bits per heavy atom. The summed E-state index contributed by atoms with van der Waals surface area (Å²) in [4.78, 5) is 29.2. The molecule has 1 N–H and O–H groups in total. The normalized spacial score (nSPS) is 11.6. The average molecular weight is 454 g/mol. The number of carbonyl (C=O) groups excluding carboxylic acids is 2. The van der Waals surface area contributed by atoms with Gasteiger partial charge in [0.15, 0.2) is 5.69 Å². The highest BCUT2D eigenvalue weighted by atomic mass is 35.5. The molecule has 1 atom stereocenters. The minimum absolute atomic E-state index is 0.0534. The van der Waals surface area contributed by atoms with Crippen molar-refractivity contribution in [2.24, 2.45) is 0 Å². The van der Waals surface area contributed by atoms with E-state index in [4.69, 9.17) is 39.5 Å². The lowest BCUT2D eigenvalue weighted by molar-refractivity contribution is -0.125. The first-order valence-electron chi connectivity index (χ1n) is 8.18. The fourth-order valence-corrected chi connectivity index (χ4v) is 2.95. The molecule has 0 bridgehead atoms. The van der Waals surface area contributed by atoms with Crippen molar-refractivity contribution >= 4 is 52.4 Å². The molecule has 29 heavy (non-hydrogen) atoms. The number of carbonyl (C=O) groups is 2. The highest BCUT2D eigenvalue weighted by molar-refractivity contribution is 6.48. The molecule has 1 heterocycles. The number of nitrogens with one attached hydrogen (secondary N) is 1. The van der Waals surface area contributed by atoms with Gasteiger partial charge in [0.25, 0.3) is 5.91 Å². The first kappa shape index (κ1) is 21.0. The molecule has 148 valence electrons. The van der Waals surface area contributed by atoms with Gasteiger partial charge in [0, 0.05) is 17.4 Å². The maximum Gasteiger partial charge on any atom is 0.359 e. The van der Waals surface area contributed by atoms with Gasteiger partial charge >= 0.3 is 5.97 Å². The summed E-state index contributed by atoms with van der Waals surface area (Å²) >= 11 is 17.8. The third kappa shape index (κ3) is 5.03. The number of hydrogen-bond donors (Lipinski definition) is 1. The molecule has 5 nitrogen and oxygen atoms in total. The molecule has 0 radical (unpaired) electrons. The van der Waals surface area contributed by atoms with E-state index in [2.05, 4.69) is 10.3 Å². The summed E-state index contributed by atoms with van der Waals surface area (Å²) in [7, 11) is 0. The van der Waals surface area contributed by atoms with Gasteiger partial charge in [-0.25, -0.2) is 14.2 Å². The maximum absolute atomic E-state index is 13.1. The molecule has 1 aromatic heterocycles. The first-order chi connectivity index (χ1) is 13.9. The smallest absolute Gasteiger partial charge is 0.359 e. The number of esters is 1. The zero-order valence-corrected chi connectivity index (χ0v) is 16.8. The van der Waals surface area contributed by atoms with Gasteiger partial charge in [-0.15, -0.1) is 0 Å². The van der Waals surface area contributed by atoms with E-state index in [1.807, 2.05) is 0 Å². The van der Waals surface area contributed by atoms with Gasteiger partial charge in [0.05, 0.1) is 15.1 Å². The number of benzene rings is 2. The van der Waals surface area contributed by atoms with E-state index in [9.17, 15) is 14.0 Å². The van der Waals surface area contributed by atoms with Gasteiger partial charge in [-0.1, -0.05) is 65.1 Å². The molecule has 0 saturated carbocycles. The molecule has 0 spiro atoms. The van der Waals surface area contributed by atoms with Crippen molar-refractivity contribution in [3.63, 3.8) is 0 Å². The van der Waals surface area contributed by atoms with Crippen molar-refractivity contribution in [3.8, 4) is 0 Å². The van der Waals surface area contributed by atoms with Gasteiger partial charge in [0.1, 0.15) is 5.82 Å². The minimum Gasteiger partial charge on any atom is -0.443 e. The molecule has 3 aromatic rings. The largest absolute Gasteiger partial charge is 0.443 e. The van der Waals surface area contributed by atoms with Crippen LogP contribution in [0.5, 0.6) is 0 Å². The number of aromatic nitrogens is 1. The molecular weight excluding hydrogens is 442 g/mol. The minimum atomic E-state index is -1.32. The summed E-state index contributed by atoms with van der Waals surface area (Å²) in [6.07, 6.45) is -0.163. The highest BCUT2D eigenvalue weighted by Crippen LogP contribution is 2.32. The number of hydrogen-bond acceptors (Lipinski definition) is 4. The van der Waals surface area contributed by atoms with Crippen LogP contribution >= 0.6 is 34.8 Å². The second-order valence-corrected chi connectivity index (χ2v) is 6.94. The topological polar surface area (TPSA) is 68.3 Å². The van der Waals surface area contributed by atoms with Gasteiger partial charge in [-0.3, -0.25) is 4.79 Å². The zero-order chi connectivity index (χ0) is 21.0. The molecule has 0 saturated heterocycles. The second-order valence-electron chi connectivity index (χ2n) is 5.77. The van der Waals surface area contributed by atoms with Gasteiger partial charge in [-0.2, -0.15) is 0 Å². The van der Waals surface area contributed by atoms with Crippen molar-refractivity contribution in [2.45, 2.75) is 6.10 Å². The third-order valence-corrected chi connectivity index (χ3v) is 5.03. The highest BCUT2D eigenvalue weighted by Gasteiger charge is 2.28. The second kappa shape index (κ2) is 9.22. The van der Waals surface area contributed by atoms with Crippen molar-refractivity contribution in [1.82, 2.24) is 4.98 Å². The van der Waals surface area contributed by atoms with E-state index in [-0.39, 0.29) is 20.8 Å². The molecule has 0 aliphatic heterocycles. The Balaban J connectivity index is 1.88. The van der Waals surface area contributed by atoms with Crippen LogP contribution in [0.25, 0.3) is 0 Å². The van der Waals surface area contributed by atoms with Crippen LogP contribution in [0.2, 0.25) is 15.1 Å². The number of pyridine rings is 1. The Kier molecular flexibility index (Phi) is 6.69. The summed E-state index contributed by atoms with van der Waals surface area (Å²) in [6.45, 7) is 0. The van der Waals surface area contributed by atoms with Crippen LogP contribution in [0.1, 0.15) is 22.2 Å². The summed E-state index contributed by atoms with van der Waals surface area (Å²) in [6, 6.07) is 13.5. The summed E-state index contributed by atoms with van der Waals surface area (Å²) in [5.74, 6) is -2.06. The van der Waals surface area contributed by atoms with Crippen LogP contribution < -0.4 is 5.32 Å². The van der Waals surface area contributed by atoms with Crippen LogP contribution in [0.3, 0.4) is 0 Å². The Hall–Kier alpha value is -2.67. The number of halogens is 4. The van der Waals surface area contributed by atoms with Crippen LogP contribution in [0.15, 0.2) is 60.8 Å². The Bertz CT molecular complexity index is 1050. The maximum atomic E-state index is 13.1. The van der Waals surface area contributed by atoms with Crippen molar-refractivity contribution in [1.29, 1.82) is 0 Å². The number of nitrogens with zero attached hydrogens (tertiary/aromatic N) is 1. The molecule has 0 aliphatic rings. The standard InChI is InChI=1S/C20H12Cl3FN2O3/c21-14-10-25-17(16(23)15(14)22)20(28)29-18(11-4-2-1-3-5-11)19(27)26-13-8-6-12(24)7-9-13/h1-10,18H,(H,26,27). The SMILES string of the molecule is O=C(OC(C(=O)Nc1ccc(F)cc1)c1ccccc1)c1ncc(Cl)c(Cl)c1Cl. The van der Waals surface area contributed by atoms with Gasteiger partial charge in [0.2, 0.25) is 6.10 Å². The van der Waals surface area contributed by atoms with Gasteiger partial charge < -0.3 is 10.1 Å². The van der Waals surface area contributed by atoms with E-state index < -0.39 is 23.8 Å². The predicted octanol–water partition coefficient (Wildman–Crippen LogP) is 5.72. The molecule has 1 amide bonds. The monoisotopic (exact) mass is 452 g/mol. The Morgan fingerprint density at radius 3 is 2.28 bits per heavy atom. The van der Waals surface area contributed by atoms with Gasteiger partial charge in [-0.05, 0) is 24.3 Å². The molecular formula is C20H12Cl3FN2O3. The molecule has 3 rings (SSSR count). The molecule has 1 unspecified atom stereocenters. The average Bonchev–Trinajstić information content (AvgIpc) is 2.72. The quantitative estimate of drug-likeness (QED) is 0.502. The van der Waals surface area contributed by atoms with Crippen LogP contribution in [0.4, 0.5) is 10.1 Å². The summed E-state index contributed by atoms with van der Waals surface area (Å²) in [5.41, 5.74) is 0.465. The summed E-state index contributed by atoms with van der Waals surface area (Å²) in [5, 5.41) is 2.41. The first-order valence-corrected chi connectivity index (χ1v) is 9.32. The van der Waals surface area contributed by atoms with Crippen molar-refractivity contribution in [3.05, 3.63) is 92.9 Å².